The maximum absolute atomic E-state index is 6.65. The lowest BCUT2D eigenvalue weighted by molar-refractivity contribution is 1.50. The predicted octanol–water partition coefficient (Wildman–Crippen LogP) is 2.62. The van der Waals surface area contributed by atoms with E-state index in [-0.39, 0.29) is 0 Å². The van der Waals surface area contributed by atoms with Crippen LogP contribution < -0.4 is 0 Å². The van der Waals surface area contributed by atoms with Crippen molar-refractivity contribution in [1.82, 2.24) is 0 Å². The maximum atomic E-state index is 6.65. The van der Waals surface area contributed by atoms with Gasteiger partial charge in [0.25, 0.3) is 0 Å². The van der Waals surface area contributed by atoms with Crippen molar-refractivity contribution in [3.05, 3.63) is 53.9 Å². The minimum Gasteiger partial charge on any atom is -0.312 e. The van der Waals surface area contributed by atoms with Crippen LogP contribution in [0.15, 0.2) is 36.9 Å². The number of benzene rings is 1. The molecular formula is C10H9N. The van der Waals surface area contributed by atoms with E-state index in [1.54, 1.807) is 0 Å². The molecule has 0 unspecified atom stereocenters. The van der Waals surface area contributed by atoms with Crippen molar-refractivity contribution in [3.8, 4) is 0 Å². The first-order valence-electron chi connectivity index (χ1n) is 3.41. The first-order valence-corrected chi connectivity index (χ1v) is 3.41. The largest absolute Gasteiger partial charge is 0.312 e. The molecule has 1 nitrogen and oxygen atoms in total. The van der Waals surface area contributed by atoms with Gasteiger partial charge in [-0.25, -0.2) is 6.57 Å². The van der Waals surface area contributed by atoms with E-state index in [2.05, 4.69) is 11.4 Å². The molecule has 11 heavy (non-hydrogen) atoms. The van der Waals surface area contributed by atoms with Crippen molar-refractivity contribution in [2.75, 3.05) is 6.54 Å². The van der Waals surface area contributed by atoms with Crippen LogP contribution in [0.1, 0.15) is 5.56 Å². The van der Waals surface area contributed by atoms with Gasteiger partial charge in [-0.2, -0.15) is 0 Å². The van der Waals surface area contributed by atoms with Gasteiger partial charge in [0.2, 0.25) is 6.54 Å². The van der Waals surface area contributed by atoms with Crippen LogP contribution in [0.2, 0.25) is 0 Å². The molecule has 0 radical (unpaired) electrons. The van der Waals surface area contributed by atoms with Crippen molar-refractivity contribution < 1.29 is 0 Å². The van der Waals surface area contributed by atoms with Gasteiger partial charge in [-0.05, 0) is 5.56 Å². The van der Waals surface area contributed by atoms with Crippen molar-refractivity contribution >= 4 is 5.57 Å². The Morgan fingerprint density at radius 3 is 2.55 bits per heavy atom. The summed E-state index contributed by atoms with van der Waals surface area (Å²) in [6.45, 7) is 10.8. The second-order valence-corrected chi connectivity index (χ2v) is 2.29. The lowest BCUT2D eigenvalue weighted by Crippen LogP contribution is -1.83. The zero-order chi connectivity index (χ0) is 8.10. The summed E-state index contributed by atoms with van der Waals surface area (Å²) >= 11 is 0. The molecule has 1 aromatic carbocycles. The second kappa shape index (κ2) is 3.58. The summed E-state index contributed by atoms with van der Waals surface area (Å²) in [5.74, 6) is 0. The average Bonchev–Trinajstić information content (AvgIpc) is 2.07. The third-order valence-corrected chi connectivity index (χ3v) is 1.45. The van der Waals surface area contributed by atoms with E-state index in [9.17, 15) is 0 Å². The van der Waals surface area contributed by atoms with Gasteiger partial charge in [-0.3, -0.25) is 0 Å². The minimum absolute atomic E-state index is 0.393. The normalized spacial score (nSPS) is 8.64. The molecule has 0 amide bonds. The minimum atomic E-state index is 0.393. The summed E-state index contributed by atoms with van der Waals surface area (Å²) in [6, 6.07) is 9.78. The molecule has 1 rings (SSSR count). The molecule has 0 aliphatic carbocycles. The van der Waals surface area contributed by atoms with Gasteiger partial charge < -0.3 is 4.85 Å². The van der Waals surface area contributed by atoms with Gasteiger partial charge in [-0.1, -0.05) is 36.9 Å². The molecule has 0 bridgehead atoms. The van der Waals surface area contributed by atoms with E-state index in [0.29, 0.717) is 6.54 Å². The number of hydrogen-bond acceptors (Lipinski definition) is 0. The van der Waals surface area contributed by atoms with Crippen molar-refractivity contribution in [2.45, 2.75) is 0 Å². The highest BCUT2D eigenvalue weighted by atomic mass is 14.6. The first-order chi connectivity index (χ1) is 5.34. The highest BCUT2D eigenvalue weighted by Gasteiger charge is 1.97. The topological polar surface area (TPSA) is 4.36 Å². The molecule has 0 aliphatic rings. The molecular weight excluding hydrogens is 134 g/mol. The van der Waals surface area contributed by atoms with Crippen LogP contribution in [0.25, 0.3) is 10.4 Å². The van der Waals surface area contributed by atoms with Gasteiger partial charge in [0, 0.05) is 5.57 Å². The van der Waals surface area contributed by atoms with Crippen LogP contribution in [-0.4, -0.2) is 6.54 Å². The average molecular weight is 143 g/mol. The quantitative estimate of drug-likeness (QED) is 0.560. The van der Waals surface area contributed by atoms with Crippen molar-refractivity contribution in [3.63, 3.8) is 0 Å². The Morgan fingerprint density at radius 1 is 1.36 bits per heavy atom. The molecule has 0 aliphatic heterocycles. The Kier molecular flexibility index (Phi) is 2.46. The Morgan fingerprint density at radius 2 is 2.00 bits per heavy atom. The molecule has 0 fully saturated rings. The molecule has 1 aromatic rings. The highest BCUT2D eigenvalue weighted by molar-refractivity contribution is 5.65. The van der Waals surface area contributed by atoms with Gasteiger partial charge in [-0.15, -0.1) is 0 Å². The first kappa shape index (κ1) is 7.56. The fraction of sp³-hybridized carbons (Fsp3) is 0.100. The standard InChI is InChI=1S/C10H9N/c1-9(8-11-2)10-6-4-3-5-7-10/h3-7H,1,8H2. The summed E-state index contributed by atoms with van der Waals surface area (Å²) in [5, 5.41) is 0. The molecule has 0 spiro atoms. The maximum Gasteiger partial charge on any atom is 0.239 e. The van der Waals surface area contributed by atoms with Gasteiger partial charge >= 0.3 is 0 Å². The summed E-state index contributed by atoms with van der Waals surface area (Å²) < 4.78 is 0. The second-order valence-electron chi connectivity index (χ2n) is 2.29. The molecule has 0 saturated heterocycles. The number of rotatable bonds is 2. The van der Waals surface area contributed by atoms with Crippen LogP contribution in [0.3, 0.4) is 0 Å². The van der Waals surface area contributed by atoms with E-state index in [4.69, 9.17) is 6.57 Å². The summed E-state index contributed by atoms with van der Waals surface area (Å²) in [7, 11) is 0. The number of hydrogen-bond donors (Lipinski definition) is 0. The van der Waals surface area contributed by atoms with E-state index in [1.165, 1.54) is 0 Å². The van der Waals surface area contributed by atoms with Crippen LogP contribution in [0, 0.1) is 6.57 Å². The third-order valence-electron chi connectivity index (χ3n) is 1.45. The van der Waals surface area contributed by atoms with E-state index < -0.39 is 0 Å². The Labute approximate surface area is 66.8 Å². The molecule has 54 valence electrons. The lowest BCUT2D eigenvalue weighted by atomic mass is 10.1. The molecule has 1 heteroatoms. The van der Waals surface area contributed by atoms with E-state index >= 15 is 0 Å². The molecule has 0 heterocycles. The van der Waals surface area contributed by atoms with Gasteiger partial charge in [0.1, 0.15) is 0 Å². The van der Waals surface area contributed by atoms with Crippen molar-refractivity contribution in [1.29, 1.82) is 0 Å². The Hall–Kier alpha value is -1.55. The van der Waals surface area contributed by atoms with Gasteiger partial charge in [0.05, 0.1) is 0 Å². The molecule has 0 saturated carbocycles. The van der Waals surface area contributed by atoms with E-state index in [0.717, 1.165) is 11.1 Å². The SMILES string of the molecule is [C-]#[N+]CC(=C)c1ccccc1. The van der Waals surface area contributed by atoms with Gasteiger partial charge in [0.15, 0.2) is 0 Å². The van der Waals surface area contributed by atoms with E-state index in [1.807, 2.05) is 30.3 Å². The fourth-order valence-corrected chi connectivity index (χ4v) is 0.861. The fourth-order valence-electron chi connectivity index (χ4n) is 0.861. The van der Waals surface area contributed by atoms with Crippen molar-refractivity contribution in [2.24, 2.45) is 0 Å². The third kappa shape index (κ3) is 1.94. The molecule has 0 N–H and O–H groups in total. The van der Waals surface area contributed by atoms with Crippen LogP contribution >= 0.6 is 0 Å². The highest BCUT2D eigenvalue weighted by Crippen LogP contribution is 2.10. The van der Waals surface area contributed by atoms with Crippen LogP contribution in [0.5, 0.6) is 0 Å². The van der Waals surface area contributed by atoms with Crippen LogP contribution in [-0.2, 0) is 0 Å². The molecule has 0 atom stereocenters. The van der Waals surface area contributed by atoms with Crippen LogP contribution in [0.4, 0.5) is 0 Å². The lowest BCUT2D eigenvalue weighted by Gasteiger charge is -1.96. The zero-order valence-electron chi connectivity index (χ0n) is 6.25. The Bertz CT molecular complexity index is 279. The number of nitrogens with zero attached hydrogens (tertiary/aromatic N) is 1. The summed E-state index contributed by atoms with van der Waals surface area (Å²) in [4.78, 5) is 3.26. The smallest absolute Gasteiger partial charge is 0.239 e. The monoisotopic (exact) mass is 143 g/mol. The summed E-state index contributed by atoms with van der Waals surface area (Å²) in [5.41, 5.74) is 1.95. The summed E-state index contributed by atoms with van der Waals surface area (Å²) in [6.07, 6.45) is 0. The molecule has 0 aromatic heterocycles. The zero-order valence-corrected chi connectivity index (χ0v) is 6.25. The predicted molar refractivity (Wildman–Crippen MR) is 46.9 cm³/mol. The Balaban J connectivity index is 2.79.